The van der Waals surface area contributed by atoms with E-state index in [9.17, 15) is 14.7 Å². The number of nitrogens with zero attached hydrogens (tertiary/aromatic N) is 2. The number of carboxylic acid groups (broad SMARTS) is 1. The molecular weight excluding hydrogens is 324 g/mol. The van der Waals surface area contributed by atoms with E-state index in [1.807, 2.05) is 0 Å². The number of carboxylic acids is 1. The van der Waals surface area contributed by atoms with Crippen LogP contribution in [0.1, 0.15) is 10.6 Å². The summed E-state index contributed by atoms with van der Waals surface area (Å²) in [6.45, 7) is 0.421. The molecule has 2 aromatic rings. The number of aliphatic carboxylic acids is 1. The lowest BCUT2D eigenvalue weighted by Crippen LogP contribution is -2.52. The summed E-state index contributed by atoms with van der Waals surface area (Å²) in [5.74, 6) is -1.66. The molecule has 120 valence electrons. The maximum Gasteiger partial charge on any atom is 0.328 e. The fraction of sp³-hybridized carbons (Fsp3) is 0.267. The zero-order valence-electron chi connectivity index (χ0n) is 11.9. The fourth-order valence-electron chi connectivity index (χ4n) is 2.35. The van der Waals surface area contributed by atoms with E-state index in [0.29, 0.717) is 16.3 Å². The van der Waals surface area contributed by atoms with Crippen LogP contribution < -0.4 is 0 Å². The molecule has 0 bridgehead atoms. The minimum atomic E-state index is -1.12. The Hall–Kier alpha value is -2.38. The molecule has 0 saturated carbocycles. The highest BCUT2D eigenvalue weighted by Crippen LogP contribution is 2.23. The Morgan fingerprint density at radius 3 is 2.91 bits per heavy atom. The summed E-state index contributed by atoms with van der Waals surface area (Å²) in [5.41, 5.74) is 1.16. The minimum Gasteiger partial charge on any atom is -0.480 e. The van der Waals surface area contributed by atoms with Crippen molar-refractivity contribution in [3.05, 3.63) is 41.1 Å². The zero-order chi connectivity index (χ0) is 16.4. The molecule has 1 aromatic carbocycles. The second kappa shape index (κ2) is 6.39. The topological polar surface area (TPSA) is 92.9 Å². The third-order valence-corrected chi connectivity index (χ3v) is 3.75. The number of carbonyl (C=O) groups is 2. The van der Waals surface area contributed by atoms with Gasteiger partial charge in [-0.25, -0.2) is 4.79 Å². The number of morpholine rings is 1. The lowest BCUT2D eigenvalue weighted by atomic mass is 10.1. The first-order valence-electron chi connectivity index (χ1n) is 6.90. The van der Waals surface area contributed by atoms with E-state index < -0.39 is 17.9 Å². The molecule has 2 heterocycles. The first kappa shape index (κ1) is 15.5. The summed E-state index contributed by atoms with van der Waals surface area (Å²) in [5, 5.41) is 13.6. The van der Waals surface area contributed by atoms with E-state index in [-0.39, 0.29) is 25.5 Å². The number of hydrogen-bond acceptors (Lipinski definition) is 5. The third kappa shape index (κ3) is 3.20. The summed E-state index contributed by atoms with van der Waals surface area (Å²) < 4.78 is 10.2. The molecule has 23 heavy (non-hydrogen) atoms. The van der Waals surface area contributed by atoms with Crippen molar-refractivity contribution in [2.45, 2.75) is 6.04 Å². The number of carbonyl (C=O) groups excluding carboxylic acids is 1. The molecule has 1 saturated heterocycles. The highest BCUT2D eigenvalue weighted by atomic mass is 35.5. The van der Waals surface area contributed by atoms with Crippen LogP contribution >= 0.6 is 11.6 Å². The van der Waals surface area contributed by atoms with Crippen molar-refractivity contribution in [2.24, 2.45) is 0 Å². The highest BCUT2D eigenvalue weighted by Gasteiger charge is 2.34. The molecule has 1 aliphatic heterocycles. The van der Waals surface area contributed by atoms with E-state index in [1.165, 1.54) is 11.0 Å². The molecule has 1 fully saturated rings. The number of rotatable bonds is 3. The van der Waals surface area contributed by atoms with Crippen molar-refractivity contribution in [3.8, 4) is 11.3 Å². The smallest absolute Gasteiger partial charge is 0.328 e. The number of aromatic nitrogens is 1. The molecule has 1 N–H and O–H groups in total. The number of hydrogen-bond donors (Lipinski definition) is 1. The largest absolute Gasteiger partial charge is 0.480 e. The molecule has 1 amide bonds. The van der Waals surface area contributed by atoms with Crippen molar-refractivity contribution in [3.63, 3.8) is 0 Å². The van der Waals surface area contributed by atoms with Gasteiger partial charge in [-0.2, -0.15) is 0 Å². The van der Waals surface area contributed by atoms with Crippen LogP contribution in [-0.2, 0) is 9.53 Å². The van der Waals surface area contributed by atoms with E-state index in [4.69, 9.17) is 20.9 Å². The van der Waals surface area contributed by atoms with Crippen LogP contribution in [0.3, 0.4) is 0 Å². The van der Waals surface area contributed by atoms with Gasteiger partial charge in [0.1, 0.15) is 5.69 Å². The van der Waals surface area contributed by atoms with Crippen LogP contribution in [0.25, 0.3) is 11.3 Å². The maximum atomic E-state index is 12.5. The molecule has 7 nitrogen and oxygen atoms in total. The summed E-state index contributed by atoms with van der Waals surface area (Å²) >= 11 is 5.93. The number of benzene rings is 1. The molecule has 1 aromatic heterocycles. The van der Waals surface area contributed by atoms with E-state index in [2.05, 4.69) is 5.16 Å². The van der Waals surface area contributed by atoms with Crippen molar-refractivity contribution in [1.82, 2.24) is 10.1 Å². The quantitative estimate of drug-likeness (QED) is 0.920. The third-order valence-electron chi connectivity index (χ3n) is 3.52. The minimum absolute atomic E-state index is 0.0203. The van der Waals surface area contributed by atoms with Crippen LogP contribution in [0.5, 0.6) is 0 Å². The van der Waals surface area contributed by atoms with Crippen LogP contribution in [0.15, 0.2) is 34.9 Å². The SMILES string of the molecule is O=C(O)[C@@H]1COCCN1C(=O)c1cc(-c2cccc(Cl)c2)no1. The first-order chi connectivity index (χ1) is 11.1. The Bertz CT molecular complexity index is 745. The molecular formula is C15H13ClN2O5. The number of ether oxygens (including phenoxy) is 1. The van der Waals surface area contributed by atoms with Crippen molar-refractivity contribution in [2.75, 3.05) is 19.8 Å². The number of halogens is 1. The lowest BCUT2D eigenvalue weighted by Gasteiger charge is -2.31. The number of amides is 1. The summed E-state index contributed by atoms with van der Waals surface area (Å²) in [6, 6.07) is 7.41. The van der Waals surface area contributed by atoms with Crippen LogP contribution in [0.4, 0.5) is 0 Å². The van der Waals surface area contributed by atoms with Crippen molar-refractivity contribution >= 4 is 23.5 Å². The van der Waals surface area contributed by atoms with Gasteiger partial charge in [0, 0.05) is 23.2 Å². The zero-order valence-corrected chi connectivity index (χ0v) is 12.7. The van der Waals surface area contributed by atoms with E-state index >= 15 is 0 Å². The van der Waals surface area contributed by atoms with Crippen LogP contribution in [-0.4, -0.2) is 52.8 Å². The Labute approximate surface area is 136 Å². The normalized spacial score (nSPS) is 18.0. The molecule has 1 atom stereocenters. The first-order valence-corrected chi connectivity index (χ1v) is 7.28. The second-order valence-electron chi connectivity index (χ2n) is 5.01. The summed E-state index contributed by atoms with van der Waals surface area (Å²) in [6.07, 6.45) is 0. The summed E-state index contributed by atoms with van der Waals surface area (Å²) in [7, 11) is 0. The molecule has 8 heteroatoms. The molecule has 0 radical (unpaired) electrons. The highest BCUT2D eigenvalue weighted by molar-refractivity contribution is 6.30. The second-order valence-corrected chi connectivity index (χ2v) is 5.45. The Balaban J connectivity index is 1.84. The van der Waals surface area contributed by atoms with Gasteiger partial charge in [0.2, 0.25) is 5.76 Å². The molecule has 3 rings (SSSR count). The Morgan fingerprint density at radius 1 is 1.35 bits per heavy atom. The maximum absolute atomic E-state index is 12.5. The molecule has 0 spiro atoms. The van der Waals surface area contributed by atoms with Crippen LogP contribution in [0.2, 0.25) is 5.02 Å². The Kier molecular flexibility index (Phi) is 4.31. The predicted molar refractivity (Wildman–Crippen MR) is 80.2 cm³/mol. The molecule has 1 aliphatic rings. The average molecular weight is 337 g/mol. The van der Waals surface area contributed by atoms with Crippen LogP contribution in [0, 0.1) is 0 Å². The van der Waals surface area contributed by atoms with Gasteiger partial charge in [-0.05, 0) is 12.1 Å². The fourth-order valence-corrected chi connectivity index (χ4v) is 2.54. The molecule has 0 unspecified atom stereocenters. The summed E-state index contributed by atoms with van der Waals surface area (Å²) in [4.78, 5) is 24.9. The predicted octanol–water partition coefficient (Wildman–Crippen LogP) is 1.92. The van der Waals surface area contributed by atoms with Gasteiger partial charge in [0.25, 0.3) is 5.91 Å². The monoisotopic (exact) mass is 336 g/mol. The van der Waals surface area contributed by atoms with E-state index in [1.54, 1.807) is 24.3 Å². The van der Waals surface area contributed by atoms with Crippen molar-refractivity contribution < 1.29 is 24.0 Å². The van der Waals surface area contributed by atoms with Gasteiger partial charge in [-0.1, -0.05) is 28.9 Å². The van der Waals surface area contributed by atoms with Gasteiger partial charge < -0.3 is 19.3 Å². The van der Waals surface area contributed by atoms with Gasteiger partial charge >= 0.3 is 5.97 Å². The van der Waals surface area contributed by atoms with Gasteiger partial charge in [-0.3, -0.25) is 4.79 Å². The van der Waals surface area contributed by atoms with Gasteiger partial charge in [-0.15, -0.1) is 0 Å². The average Bonchev–Trinajstić information content (AvgIpc) is 3.04. The Morgan fingerprint density at radius 2 is 2.17 bits per heavy atom. The lowest BCUT2D eigenvalue weighted by molar-refractivity contribution is -0.147. The van der Waals surface area contributed by atoms with E-state index in [0.717, 1.165) is 0 Å². The van der Waals surface area contributed by atoms with Gasteiger partial charge in [0.05, 0.1) is 13.2 Å². The van der Waals surface area contributed by atoms with Gasteiger partial charge in [0.15, 0.2) is 6.04 Å². The standard InChI is InChI=1S/C15H13ClN2O5/c16-10-3-1-2-9(6-10)11-7-13(23-17-11)14(19)18-4-5-22-8-12(18)15(20)21/h1-3,6-7,12H,4-5,8H2,(H,20,21)/t12-/m0/s1. The molecule has 0 aliphatic carbocycles. The van der Waals surface area contributed by atoms with Crippen molar-refractivity contribution in [1.29, 1.82) is 0 Å².